The van der Waals surface area contributed by atoms with Crippen LogP contribution in [-0.2, 0) is 9.53 Å². The molecule has 5 heteroatoms. The van der Waals surface area contributed by atoms with Gasteiger partial charge in [-0.3, -0.25) is 15.1 Å². The average Bonchev–Trinajstić information content (AvgIpc) is 2.54. The van der Waals surface area contributed by atoms with Gasteiger partial charge in [-0.25, -0.2) is 0 Å². The molecule has 1 amide bonds. The zero-order valence-electron chi connectivity index (χ0n) is 10.5. The lowest BCUT2D eigenvalue weighted by atomic mass is 9.98. The molecule has 1 atom stereocenters. The number of methoxy groups -OCH3 is 1. The first-order valence-electron chi connectivity index (χ1n) is 5.67. The summed E-state index contributed by atoms with van der Waals surface area (Å²) < 4.78 is 5.09. The van der Waals surface area contributed by atoms with E-state index in [9.17, 15) is 4.79 Å². The maximum atomic E-state index is 11.8. The van der Waals surface area contributed by atoms with Crippen LogP contribution in [-0.4, -0.2) is 37.7 Å². The van der Waals surface area contributed by atoms with E-state index in [1.54, 1.807) is 7.11 Å². The number of guanidine groups is 1. The van der Waals surface area contributed by atoms with Crippen molar-refractivity contribution in [3.63, 3.8) is 0 Å². The fraction of sp³-hybridized carbons (Fsp3) is 0.818. The molecule has 0 spiro atoms. The van der Waals surface area contributed by atoms with Crippen LogP contribution in [0.25, 0.3) is 0 Å². The third-order valence-corrected chi connectivity index (χ3v) is 2.63. The molecular weight excluding hydrogens is 206 g/mol. The Bertz CT molecular complexity index is 289. The number of ether oxygens (including phenoxy) is 1. The molecule has 0 aromatic rings. The zero-order chi connectivity index (χ0) is 12.2. The molecular formula is C11H21N3O2. The van der Waals surface area contributed by atoms with E-state index in [1.165, 1.54) is 0 Å². The van der Waals surface area contributed by atoms with Crippen molar-refractivity contribution in [2.24, 2.45) is 10.9 Å². The summed E-state index contributed by atoms with van der Waals surface area (Å²) >= 11 is 0. The molecule has 0 radical (unpaired) electrons. The number of aliphatic imine (C=N–C) groups is 1. The lowest BCUT2D eigenvalue weighted by Crippen LogP contribution is -2.50. The lowest BCUT2D eigenvalue weighted by molar-refractivity contribution is -0.125. The highest BCUT2D eigenvalue weighted by molar-refractivity contribution is 6.09. The van der Waals surface area contributed by atoms with Crippen LogP contribution in [0.5, 0.6) is 0 Å². The second-order valence-corrected chi connectivity index (χ2v) is 4.53. The van der Waals surface area contributed by atoms with Gasteiger partial charge in [-0.1, -0.05) is 20.8 Å². The molecule has 1 fully saturated rings. The van der Waals surface area contributed by atoms with Crippen LogP contribution in [0, 0.1) is 5.92 Å². The van der Waals surface area contributed by atoms with Crippen molar-refractivity contribution < 1.29 is 9.53 Å². The van der Waals surface area contributed by atoms with E-state index in [0.717, 1.165) is 0 Å². The monoisotopic (exact) mass is 227 g/mol. The summed E-state index contributed by atoms with van der Waals surface area (Å²) in [7, 11) is 1.59. The zero-order valence-corrected chi connectivity index (χ0v) is 10.5. The van der Waals surface area contributed by atoms with Gasteiger partial charge >= 0.3 is 0 Å². The van der Waals surface area contributed by atoms with E-state index in [0.29, 0.717) is 31.4 Å². The Labute approximate surface area is 96.7 Å². The van der Waals surface area contributed by atoms with Crippen LogP contribution >= 0.6 is 0 Å². The topological polar surface area (TPSA) is 62.7 Å². The molecule has 1 unspecified atom stereocenters. The number of nitrogens with one attached hydrogen (secondary N) is 2. The molecule has 1 aliphatic heterocycles. The number of carbonyl (C=O) groups is 1. The van der Waals surface area contributed by atoms with Gasteiger partial charge in [-0.15, -0.1) is 0 Å². The highest BCUT2D eigenvalue weighted by Crippen LogP contribution is 2.15. The van der Waals surface area contributed by atoms with Crippen molar-refractivity contribution in [3.05, 3.63) is 0 Å². The van der Waals surface area contributed by atoms with Gasteiger partial charge in [-0.2, -0.15) is 0 Å². The van der Waals surface area contributed by atoms with Gasteiger partial charge in [0, 0.05) is 13.7 Å². The summed E-state index contributed by atoms with van der Waals surface area (Å²) in [6, 6.07) is 0. The van der Waals surface area contributed by atoms with Crippen molar-refractivity contribution in [2.45, 2.75) is 32.7 Å². The molecule has 1 saturated heterocycles. The molecule has 92 valence electrons. The first kappa shape index (κ1) is 13.0. The van der Waals surface area contributed by atoms with Crippen molar-refractivity contribution in [3.8, 4) is 0 Å². The Kier molecular flexibility index (Phi) is 4.29. The first-order valence-corrected chi connectivity index (χ1v) is 5.67. The predicted molar refractivity (Wildman–Crippen MR) is 63.3 cm³/mol. The molecule has 5 nitrogen and oxygen atoms in total. The molecule has 0 bridgehead atoms. The lowest BCUT2D eigenvalue weighted by Gasteiger charge is -2.23. The van der Waals surface area contributed by atoms with E-state index in [4.69, 9.17) is 4.74 Å². The largest absolute Gasteiger partial charge is 0.382 e. The third-order valence-electron chi connectivity index (χ3n) is 2.63. The molecule has 1 aliphatic rings. The van der Waals surface area contributed by atoms with E-state index >= 15 is 0 Å². The number of hydrogen-bond acceptors (Lipinski definition) is 3. The van der Waals surface area contributed by atoms with Crippen LogP contribution in [0.3, 0.4) is 0 Å². The van der Waals surface area contributed by atoms with Crippen LogP contribution in [0.1, 0.15) is 27.2 Å². The number of hydrogen-bond donors (Lipinski definition) is 2. The summed E-state index contributed by atoms with van der Waals surface area (Å²) in [5.74, 6) is 0.988. The van der Waals surface area contributed by atoms with Gasteiger partial charge < -0.3 is 10.1 Å². The van der Waals surface area contributed by atoms with Gasteiger partial charge in [0.2, 0.25) is 0 Å². The predicted octanol–water partition coefficient (Wildman–Crippen LogP) is 0.513. The minimum Gasteiger partial charge on any atom is -0.382 e. The molecule has 16 heavy (non-hydrogen) atoms. The Balaban J connectivity index is 2.71. The van der Waals surface area contributed by atoms with Gasteiger partial charge in [0.05, 0.1) is 6.61 Å². The molecule has 0 aromatic carbocycles. The van der Waals surface area contributed by atoms with Crippen molar-refractivity contribution in [2.75, 3.05) is 20.3 Å². The van der Waals surface area contributed by atoms with Gasteiger partial charge in [-0.05, 0) is 12.3 Å². The summed E-state index contributed by atoms with van der Waals surface area (Å²) in [4.78, 5) is 16.2. The summed E-state index contributed by atoms with van der Waals surface area (Å²) in [6.07, 6.45) is 0.674. The van der Waals surface area contributed by atoms with Gasteiger partial charge in [0.15, 0.2) is 5.96 Å². The molecule has 0 saturated carbocycles. The number of rotatable bonds is 5. The van der Waals surface area contributed by atoms with Crippen LogP contribution in [0.15, 0.2) is 4.99 Å². The van der Waals surface area contributed by atoms with Crippen molar-refractivity contribution >= 4 is 11.9 Å². The summed E-state index contributed by atoms with van der Waals surface area (Å²) in [5, 5.41) is 5.88. The fourth-order valence-corrected chi connectivity index (χ4v) is 1.59. The average molecular weight is 227 g/mol. The van der Waals surface area contributed by atoms with Crippen molar-refractivity contribution in [1.29, 1.82) is 0 Å². The maximum Gasteiger partial charge on any atom is 0.254 e. The Hall–Kier alpha value is -1.10. The van der Waals surface area contributed by atoms with Crippen LogP contribution in [0.2, 0.25) is 0 Å². The quantitative estimate of drug-likeness (QED) is 0.719. The second-order valence-electron chi connectivity index (χ2n) is 4.53. The van der Waals surface area contributed by atoms with E-state index in [1.807, 2.05) is 6.92 Å². The van der Waals surface area contributed by atoms with Crippen LogP contribution < -0.4 is 10.6 Å². The Morgan fingerprint density at radius 3 is 2.69 bits per heavy atom. The smallest absolute Gasteiger partial charge is 0.254 e. The highest BCUT2D eigenvalue weighted by atomic mass is 16.5. The van der Waals surface area contributed by atoms with E-state index in [2.05, 4.69) is 29.5 Å². The molecule has 2 N–H and O–H groups in total. The van der Waals surface area contributed by atoms with Crippen LogP contribution in [0.4, 0.5) is 0 Å². The Morgan fingerprint density at radius 1 is 1.50 bits per heavy atom. The Morgan fingerprint density at radius 2 is 2.19 bits per heavy atom. The first-order chi connectivity index (χ1) is 7.54. The molecule has 1 heterocycles. The fourth-order valence-electron chi connectivity index (χ4n) is 1.59. The van der Waals surface area contributed by atoms with E-state index < -0.39 is 5.54 Å². The second kappa shape index (κ2) is 5.30. The van der Waals surface area contributed by atoms with E-state index in [-0.39, 0.29) is 5.91 Å². The number of nitrogens with zero attached hydrogens (tertiary/aromatic N) is 1. The number of carbonyl (C=O) groups excluding carboxylic acids is 1. The minimum atomic E-state index is -0.648. The summed E-state index contributed by atoms with van der Waals surface area (Å²) in [5.41, 5.74) is -0.648. The standard InChI is InChI=1S/C11H21N3O2/c1-5-11(7-16-4)9(15)13-10(14-11)12-6-8(2)3/h8H,5-7H2,1-4H3,(H2,12,13,14,15). The number of amides is 1. The molecule has 0 aliphatic carbocycles. The van der Waals surface area contributed by atoms with Gasteiger partial charge in [0.25, 0.3) is 5.91 Å². The summed E-state index contributed by atoms with van der Waals surface area (Å²) in [6.45, 7) is 7.19. The highest BCUT2D eigenvalue weighted by Gasteiger charge is 2.43. The molecule has 0 aromatic heterocycles. The third kappa shape index (κ3) is 2.72. The SMILES string of the molecule is CCC1(COC)NC(=NCC(C)C)NC1=O. The normalized spacial score (nSPS) is 27.3. The molecule has 1 rings (SSSR count). The minimum absolute atomic E-state index is 0.0562. The maximum absolute atomic E-state index is 11.8. The van der Waals surface area contributed by atoms with Crippen molar-refractivity contribution in [1.82, 2.24) is 10.6 Å². The van der Waals surface area contributed by atoms with Gasteiger partial charge in [0.1, 0.15) is 5.54 Å².